The number of benzene rings is 1. The number of esters is 2. The molecule has 0 fully saturated rings. The smallest absolute Gasteiger partial charge is 0.337 e. The van der Waals surface area contributed by atoms with Gasteiger partial charge in [-0.25, -0.2) is 19.6 Å². The van der Waals surface area contributed by atoms with Crippen LogP contribution in [0.1, 0.15) is 48.4 Å². The van der Waals surface area contributed by atoms with E-state index in [1.54, 1.807) is 12.1 Å². The van der Waals surface area contributed by atoms with Gasteiger partial charge in [0.1, 0.15) is 12.0 Å². The maximum Gasteiger partial charge on any atom is 0.337 e. The number of hydrogen-bond acceptors (Lipinski definition) is 9. The molecule has 0 aliphatic rings. The molecule has 9 heteroatoms. The molecule has 0 atom stereocenters. The Bertz CT molecular complexity index is 886. The Balaban J connectivity index is 2.45. The lowest BCUT2D eigenvalue weighted by atomic mass is 10.1. The third-order valence-electron chi connectivity index (χ3n) is 4.37. The molecule has 0 aliphatic heterocycles. The fraction of sp³-hybridized carbons (Fsp3) is 0.455. The van der Waals surface area contributed by atoms with E-state index in [9.17, 15) is 9.59 Å². The Morgan fingerprint density at radius 2 is 1.48 bits per heavy atom. The Labute approximate surface area is 183 Å². The largest absolute Gasteiger partial charge is 0.465 e. The van der Waals surface area contributed by atoms with Crippen LogP contribution in [0.3, 0.4) is 0 Å². The maximum absolute atomic E-state index is 12.0. The van der Waals surface area contributed by atoms with Crippen LogP contribution in [-0.2, 0) is 9.47 Å². The van der Waals surface area contributed by atoms with Crippen LogP contribution < -0.4 is 16.0 Å². The summed E-state index contributed by atoms with van der Waals surface area (Å²) >= 11 is 0. The average Bonchev–Trinajstić information content (AvgIpc) is 2.72. The van der Waals surface area contributed by atoms with Crippen LogP contribution in [0.5, 0.6) is 0 Å². The normalized spacial score (nSPS) is 10.8. The second-order valence-electron chi connectivity index (χ2n) is 8.06. The molecule has 1 aromatic carbocycles. The van der Waals surface area contributed by atoms with E-state index in [-0.39, 0.29) is 11.1 Å². The van der Waals surface area contributed by atoms with Gasteiger partial charge >= 0.3 is 11.9 Å². The molecular weight excluding hydrogens is 398 g/mol. The number of carbonyl (C=O) groups excluding carboxylic acids is 2. The SMILES string of the molecule is COC(=O)c1cc(Nc2ncnc(N(CC(C)C)CC(C)C)c2N)cc(C(=O)OC)c1. The predicted octanol–water partition coefficient (Wildman–Crippen LogP) is 3.49. The number of carbonyl (C=O) groups is 2. The van der Waals surface area contributed by atoms with Crippen LogP contribution in [0.15, 0.2) is 24.5 Å². The highest BCUT2D eigenvalue weighted by Crippen LogP contribution is 2.30. The summed E-state index contributed by atoms with van der Waals surface area (Å²) in [5, 5.41) is 3.09. The first-order valence-corrected chi connectivity index (χ1v) is 10.1. The molecule has 2 rings (SSSR count). The van der Waals surface area contributed by atoms with E-state index in [4.69, 9.17) is 15.2 Å². The molecule has 0 aliphatic carbocycles. The summed E-state index contributed by atoms with van der Waals surface area (Å²) in [5.41, 5.74) is 7.64. The minimum Gasteiger partial charge on any atom is -0.465 e. The van der Waals surface area contributed by atoms with E-state index < -0.39 is 11.9 Å². The van der Waals surface area contributed by atoms with Crippen molar-refractivity contribution in [1.29, 1.82) is 0 Å². The van der Waals surface area contributed by atoms with Gasteiger partial charge in [-0.3, -0.25) is 0 Å². The van der Waals surface area contributed by atoms with E-state index in [0.717, 1.165) is 13.1 Å². The van der Waals surface area contributed by atoms with E-state index in [1.807, 2.05) is 0 Å². The molecule has 0 unspecified atom stereocenters. The van der Waals surface area contributed by atoms with Crippen molar-refractivity contribution in [1.82, 2.24) is 9.97 Å². The van der Waals surface area contributed by atoms with E-state index in [2.05, 4.69) is 47.9 Å². The summed E-state index contributed by atoms with van der Waals surface area (Å²) in [5.74, 6) is 0.695. The Morgan fingerprint density at radius 1 is 0.968 bits per heavy atom. The van der Waals surface area contributed by atoms with Crippen LogP contribution in [0.25, 0.3) is 0 Å². The van der Waals surface area contributed by atoms with Crippen LogP contribution in [0.2, 0.25) is 0 Å². The first kappa shape index (κ1) is 23.9. The van der Waals surface area contributed by atoms with Crippen LogP contribution in [0.4, 0.5) is 23.0 Å². The van der Waals surface area contributed by atoms with Gasteiger partial charge in [0.05, 0.1) is 25.3 Å². The summed E-state index contributed by atoms with van der Waals surface area (Å²) in [6, 6.07) is 4.52. The molecule has 31 heavy (non-hydrogen) atoms. The lowest BCUT2D eigenvalue weighted by molar-refractivity contribution is 0.0599. The van der Waals surface area contributed by atoms with E-state index in [0.29, 0.717) is 34.8 Å². The predicted molar refractivity (Wildman–Crippen MR) is 121 cm³/mol. The third-order valence-corrected chi connectivity index (χ3v) is 4.37. The number of aromatic nitrogens is 2. The van der Waals surface area contributed by atoms with E-state index >= 15 is 0 Å². The fourth-order valence-electron chi connectivity index (χ4n) is 3.17. The molecule has 2 aromatic rings. The van der Waals surface area contributed by atoms with Gasteiger partial charge in [-0.15, -0.1) is 0 Å². The first-order chi connectivity index (χ1) is 14.7. The number of rotatable bonds is 9. The summed E-state index contributed by atoms with van der Waals surface area (Å²) in [7, 11) is 2.54. The molecule has 0 saturated heterocycles. The lowest BCUT2D eigenvalue weighted by Gasteiger charge is -2.28. The zero-order chi connectivity index (χ0) is 23.1. The van der Waals surface area contributed by atoms with Crippen molar-refractivity contribution >= 4 is 34.9 Å². The summed E-state index contributed by atoms with van der Waals surface area (Å²) < 4.78 is 9.56. The zero-order valence-corrected chi connectivity index (χ0v) is 18.9. The van der Waals surface area contributed by atoms with Gasteiger partial charge in [0.2, 0.25) is 0 Å². The van der Waals surface area contributed by atoms with Crippen molar-refractivity contribution in [3.63, 3.8) is 0 Å². The quantitative estimate of drug-likeness (QED) is 0.577. The molecule has 0 amide bonds. The van der Waals surface area contributed by atoms with Crippen molar-refractivity contribution < 1.29 is 19.1 Å². The number of nitrogens with two attached hydrogens (primary N) is 1. The van der Waals surface area contributed by atoms with Gasteiger partial charge < -0.3 is 25.4 Å². The number of methoxy groups -OCH3 is 2. The highest BCUT2D eigenvalue weighted by atomic mass is 16.5. The molecule has 9 nitrogen and oxygen atoms in total. The minimum atomic E-state index is -0.579. The molecule has 0 saturated carbocycles. The second-order valence-corrected chi connectivity index (χ2v) is 8.06. The molecule has 0 radical (unpaired) electrons. The molecule has 168 valence electrons. The average molecular weight is 430 g/mol. The van der Waals surface area contributed by atoms with Gasteiger partial charge in [-0.2, -0.15) is 0 Å². The number of nitrogens with zero attached hydrogens (tertiary/aromatic N) is 3. The minimum absolute atomic E-state index is 0.196. The Hall–Kier alpha value is -3.36. The second kappa shape index (κ2) is 10.6. The molecule has 1 aromatic heterocycles. The van der Waals surface area contributed by atoms with Crippen molar-refractivity contribution in [2.45, 2.75) is 27.7 Å². The first-order valence-electron chi connectivity index (χ1n) is 10.1. The molecule has 1 heterocycles. The van der Waals surface area contributed by atoms with Crippen LogP contribution >= 0.6 is 0 Å². The fourth-order valence-corrected chi connectivity index (χ4v) is 3.17. The molecule has 0 bridgehead atoms. The number of nitrogens with one attached hydrogen (secondary N) is 1. The van der Waals surface area contributed by atoms with Crippen LogP contribution in [-0.4, -0.2) is 49.2 Å². The number of hydrogen-bond donors (Lipinski definition) is 2. The standard InChI is InChI=1S/C22H31N5O4/c1-13(2)10-27(11-14(3)4)20-18(23)19(24-12-25-20)26-17-8-15(21(28)30-5)7-16(9-17)22(29)31-6/h7-9,12-14H,10-11,23H2,1-6H3,(H,24,25,26). The van der Waals surface area contributed by atoms with Crippen molar-refractivity contribution in [2.24, 2.45) is 11.8 Å². The highest BCUT2D eigenvalue weighted by Gasteiger charge is 2.19. The van der Waals surface area contributed by atoms with Gasteiger partial charge in [0, 0.05) is 18.8 Å². The third kappa shape index (κ3) is 6.31. The zero-order valence-electron chi connectivity index (χ0n) is 18.9. The number of ether oxygens (including phenoxy) is 2. The monoisotopic (exact) mass is 429 g/mol. The van der Waals surface area contributed by atoms with Gasteiger partial charge in [0.25, 0.3) is 0 Å². The van der Waals surface area contributed by atoms with Crippen LogP contribution in [0, 0.1) is 11.8 Å². The van der Waals surface area contributed by atoms with Gasteiger partial charge in [-0.05, 0) is 30.0 Å². The topological polar surface area (TPSA) is 120 Å². The lowest BCUT2D eigenvalue weighted by Crippen LogP contribution is -2.32. The van der Waals surface area contributed by atoms with E-state index in [1.165, 1.54) is 26.6 Å². The summed E-state index contributed by atoms with van der Waals surface area (Å²) in [4.78, 5) is 34.9. The summed E-state index contributed by atoms with van der Waals surface area (Å²) in [6.45, 7) is 10.1. The summed E-state index contributed by atoms with van der Waals surface area (Å²) in [6.07, 6.45) is 1.44. The number of nitrogen functional groups attached to an aromatic ring is 1. The molecule has 3 N–H and O–H groups in total. The molecule has 0 spiro atoms. The Kier molecular flexibility index (Phi) is 8.18. The van der Waals surface area contributed by atoms with Gasteiger partial charge in [-0.1, -0.05) is 27.7 Å². The van der Waals surface area contributed by atoms with Crippen molar-refractivity contribution in [3.05, 3.63) is 35.7 Å². The highest BCUT2D eigenvalue weighted by molar-refractivity contribution is 5.97. The van der Waals surface area contributed by atoms with Crippen molar-refractivity contribution in [2.75, 3.05) is 43.3 Å². The Morgan fingerprint density at radius 3 is 1.94 bits per heavy atom. The van der Waals surface area contributed by atoms with Crippen molar-refractivity contribution in [3.8, 4) is 0 Å². The van der Waals surface area contributed by atoms with Gasteiger partial charge in [0.15, 0.2) is 11.6 Å². The maximum atomic E-state index is 12.0. The molecular formula is C22H31N5O4. The number of anilines is 4.